The first-order chi connectivity index (χ1) is 12.6. The molecule has 3 rings (SSSR count). The predicted octanol–water partition coefficient (Wildman–Crippen LogP) is 2.21. The number of rotatable bonds is 3. The number of carbonyl (C=O) groups excluding carboxylic acids is 1. The summed E-state index contributed by atoms with van der Waals surface area (Å²) < 4.78 is 0. The summed E-state index contributed by atoms with van der Waals surface area (Å²) in [6.45, 7) is 2.31. The third-order valence-corrected chi connectivity index (χ3v) is 4.32. The van der Waals surface area contributed by atoms with Gasteiger partial charge in [0.05, 0.1) is 16.2 Å². The Hall–Kier alpha value is -3.47. The van der Waals surface area contributed by atoms with Crippen molar-refractivity contribution in [3.63, 3.8) is 0 Å². The Bertz CT molecular complexity index is 863. The fraction of sp³-hybridized carbons (Fsp3) is 0.278. The van der Waals surface area contributed by atoms with E-state index in [0.29, 0.717) is 37.6 Å². The second-order valence-electron chi connectivity index (χ2n) is 5.92. The van der Waals surface area contributed by atoms with Gasteiger partial charge in [0.15, 0.2) is 0 Å². The molecule has 0 saturated carbocycles. The fourth-order valence-electron chi connectivity index (χ4n) is 3.02. The van der Waals surface area contributed by atoms with Gasteiger partial charge in [-0.25, -0.2) is 0 Å². The minimum atomic E-state index is -0.514. The number of anilines is 1. The standard InChI is InChI=1S/C18H17N5O3/c19-13-14-12-15(23(25)26)5-6-17(14)21-8-3-9-22(11-10-21)18(24)16-4-1-2-7-20-16/h1-2,4-7,12H,3,8-11H2. The first-order valence-electron chi connectivity index (χ1n) is 8.24. The van der Waals surface area contributed by atoms with E-state index in [4.69, 9.17) is 0 Å². The van der Waals surface area contributed by atoms with Gasteiger partial charge < -0.3 is 9.80 Å². The molecule has 0 N–H and O–H groups in total. The lowest BCUT2D eigenvalue weighted by atomic mass is 10.1. The molecule has 1 fully saturated rings. The molecule has 132 valence electrons. The molecule has 0 spiro atoms. The van der Waals surface area contributed by atoms with Gasteiger partial charge in [0.25, 0.3) is 11.6 Å². The minimum absolute atomic E-state index is 0.105. The van der Waals surface area contributed by atoms with E-state index in [1.807, 2.05) is 11.0 Å². The van der Waals surface area contributed by atoms with Crippen LogP contribution in [0, 0.1) is 21.4 Å². The van der Waals surface area contributed by atoms with Crippen LogP contribution in [0.4, 0.5) is 11.4 Å². The summed E-state index contributed by atoms with van der Waals surface area (Å²) in [5.74, 6) is -0.114. The van der Waals surface area contributed by atoms with Crippen LogP contribution >= 0.6 is 0 Å². The van der Waals surface area contributed by atoms with Crippen LogP contribution in [-0.4, -0.2) is 46.9 Å². The fourth-order valence-corrected chi connectivity index (χ4v) is 3.02. The number of nitro groups is 1. The Balaban J connectivity index is 1.76. The van der Waals surface area contributed by atoms with Crippen molar-refractivity contribution in [1.82, 2.24) is 9.88 Å². The molecule has 8 nitrogen and oxygen atoms in total. The van der Waals surface area contributed by atoms with Crippen LogP contribution in [0.1, 0.15) is 22.5 Å². The average molecular weight is 351 g/mol. The van der Waals surface area contributed by atoms with Crippen molar-refractivity contribution in [3.8, 4) is 6.07 Å². The average Bonchev–Trinajstić information content (AvgIpc) is 2.93. The summed E-state index contributed by atoms with van der Waals surface area (Å²) in [7, 11) is 0. The summed E-state index contributed by atoms with van der Waals surface area (Å²) in [6, 6.07) is 11.6. The van der Waals surface area contributed by atoms with E-state index in [9.17, 15) is 20.2 Å². The van der Waals surface area contributed by atoms with Gasteiger partial charge in [-0.15, -0.1) is 0 Å². The van der Waals surface area contributed by atoms with Crippen LogP contribution in [0.25, 0.3) is 0 Å². The number of carbonyl (C=O) groups is 1. The highest BCUT2D eigenvalue weighted by Gasteiger charge is 2.23. The summed E-state index contributed by atoms with van der Waals surface area (Å²) in [5, 5.41) is 20.2. The lowest BCUT2D eigenvalue weighted by Crippen LogP contribution is -2.35. The van der Waals surface area contributed by atoms with Gasteiger partial charge in [-0.3, -0.25) is 19.9 Å². The molecule has 8 heteroatoms. The second kappa shape index (κ2) is 7.61. The van der Waals surface area contributed by atoms with Crippen LogP contribution in [0.3, 0.4) is 0 Å². The molecule has 26 heavy (non-hydrogen) atoms. The predicted molar refractivity (Wildman–Crippen MR) is 94.8 cm³/mol. The molecule has 1 aliphatic heterocycles. The van der Waals surface area contributed by atoms with E-state index in [1.54, 1.807) is 35.4 Å². The highest BCUT2D eigenvalue weighted by molar-refractivity contribution is 5.92. The van der Waals surface area contributed by atoms with Gasteiger partial charge in [0.2, 0.25) is 0 Å². The summed E-state index contributed by atoms with van der Waals surface area (Å²) >= 11 is 0. The Morgan fingerprint density at radius 1 is 1.19 bits per heavy atom. The molecule has 0 radical (unpaired) electrons. The topological polar surface area (TPSA) is 103 Å². The number of aromatic nitrogens is 1. The molecule has 0 unspecified atom stereocenters. The first kappa shape index (κ1) is 17.4. The van der Waals surface area contributed by atoms with E-state index in [1.165, 1.54) is 12.1 Å². The van der Waals surface area contributed by atoms with Gasteiger partial charge in [0.1, 0.15) is 11.8 Å². The van der Waals surface area contributed by atoms with Crippen molar-refractivity contribution >= 4 is 17.3 Å². The van der Waals surface area contributed by atoms with Crippen LogP contribution in [0.15, 0.2) is 42.6 Å². The Kier molecular flexibility index (Phi) is 5.08. The van der Waals surface area contributed by atoms with Crippen LogP contribution in [-0.2, 0) is 0 Å². The van der Waals surface area contributed by atoms with Crippen molar-refractivity contribution in [2.75, 3.05) is 31.1 Å². The molecule has 1 aromatic carbocycles. The maximum absolute atomic E-state index is 12.6. The zero-order chi connectivity index (χ0) is 18.5. The van der Waals surface area contributed by atoms with Crippen molar-refractivity contribution in [2.45, 2.75) is 6.42 Å². The number of hydrogen-bond donors (Lipinski definition) is 0. The van der Waals surface area contributed by atoms with Gasteiger partial charge in [-0.05, 0) is 24.6 Å². The summed E-state index contributed by atoms with van der Waals surface area (Å²) in [4.78, 5) is 30.8. The zero-order valence-electron chi connectivity index (χ0n) is 14.0. The summed E-state index contributed by atoms with van der Waals surface area (Å²) in [6.07, 6.45) is 2.33. The molecule has 0 atom stereocenters. The Labute approximate surface area is 150 Å². The minimum Gasteiger partial charge on any atom is -0.369 e. The molecule has 2 heterocycles. The number of nitriles is 1. The van der Waals surface area contributed by atoms with E-state index >= 15 is 0 Å². The summed E-state index contributed by atoms with van der Waals surface area (Å²) in [5.41, 5.74) is 1.23. The molecular weight excluding hydrogens is 334 g/mol. The van der Waals surface area contributed by atoms with E-state index in [-0.39, 0.29) is 17.2 Å². The van der Waals surface area contributed by atoms with Crippen molar-refractivity contribution in [3.05, 3.63) is 64.0 Å². The van der Waals surface area contributed by atoms with E-state index in [2.05, 4.69) is 4.98 Å². The molecule has 1 aliphatic rings. The molecule has 2 aromatic rings. The second-order valence-corrected chi connectivity index (χ2v) is 5.92. The smallest absolute Gasteiger partial charge is 0.272 e. The monoisotopic (exact) mass is 351 g/mol. The third kappa shape index (κ3) is 3.62. The van der Waals surface area contributed by atoms with Gasteiger partial charge >= 0.3 is 0 Å². The third-order valence-electron chi connectivity index (χ3n) is 4.32. The number of benzene rings is 1. The molecule has 1 aromatic heterocycles. The van der Waals surface area contributed by atoms with Gasteiger partial charge in [0, 0.05) is 44.5 Å². The lowest BCUT2D eigenvalue weighted by molar-refractivity contribution is -0.384. The maximum Gasteiger partial charge on any atom is 0.272 e. The molecule has 0 bridgehead atoms. The SMILES string of the molecule is N#Cc1cc([N+](=O)[O-])ccc1N1CCCN(C(=O)c2ccccn2)CC1. The number of hydrogen-bond acceptors (Lipinski definition) is 6. The lowest BCUT2D eigenvalue weighted by Gasteiger charge is -2.24. The maximum atomic E-state index is 12.6. The normalized spacial score (nSPS) is 14.4. The number of nitro benzene ring substituents is 1. The van der Waals surface area contributed by atoms with Gasteiger partial charge in [-0.1, -0.05) is 6.07 Å². The van der Waals surface area contributed by atoms with Crippen molar-refractivity contribution in [1.29, 1.82) is 5.26 Å². The molecule has 1 saturated heterocycles. The van der Waals surface area contributed by atoms with Crippen LogP contribution in [0.2, 0.25) is 0 Å². The largest absolute Gasteiger partial charge is 0.369 e. The molecule has 0 aliphatic carbocycles. The quantitative estimate of drug-likeness (QED) is 0.620. The van der Waals surface area contributed by atoms with E-state index < -0.39 is 4.92 Å². The number of pyridine rings is 1. The zero-order valence-corrected chi connectivity index (χ0v) is 14.0. The van der Waals surface area contributed by atoms with Gasteiger partial charge in [-0.2, -0.15) is 5.26 Å². The molecule has 1 amide bonds. The molecular formula is C18H17N5O3. The Morgan fingerprint density at radius 2 is 2.04 bits per heavy atom. The van der Waals surface area contributed by atoms with Crippen LogP contribution < -0.4 is 4.90 Å². The number of nitrogens with zero attached hydrogens (tertiary/aromatic N) is 5. The van der Waals surface area contributed by atoms with Crippen molar-refractivity contribution in [2.24, 2.45) is 0 Å². The van der Waals surface area contributed by atoms with Crippen molar-refractivity contribution < 1.29 is 9.72 Å². The van der Waals surface area contributed by atoms with Crippen LogP contribution in [0.5, 0.6) is 0 Å². The number of amides is 1. The highest BCUT2D eigenvalue weighted by Crippen LogP contribution is 2.26. The number of non-ortho nitro benzene ring substituents is 1. The van der Waals surface area contributed by atoms with E-state index in [0.717, 1.165) is 6.42 Å². The first-order valence-corrected chi connectivity index (χ1v) is 8.24. The Morgan fingerprint density at radius 3 is 2.73 bits per heavy atom. The highest BCUT2D eigenvalue weighted by atomic mass is 16.6.